The molecule has 1 aliphatic carbocycles. The number of halogens is 1. The van der Waals surface area contributed by atoms with Gasteiger partial charge in [-0.05, 0) is 30.0 Å². The Bertz CT molecular complexity index is 530. The summed E-state index contributed by atoms with van der Waals surface area (Å²) in [4.78, 5) is 26.9. The minimum absolute atomic E-state index is 0.0178. The highest BCUT2D eigenvalue weighted by atomic mass is 79.9. The first kappa shape index (κ1) is 15.0. The Balaban J connectivity index is 1.94. The standard InChI is InChI=1S/C15H19BrN2O2/c1-17(2)14(19)9-18(3)15(20)13-8-12(13)10-5-4-6-11(16)7-10/h4-7,12-13H,8-9H2,1-3H3/t12-,13-/m1/s1. The lowest BCUT2D eigenvalue weighted by molar-refractivity contribution is -0.138. The lowest BCUT2D eigenvalue weighted by atomic mass is 10.1. The quantitative estimate of drug-likeness (QED) is 0.843. The van der Waals surface area contributed by atoms with E-state index in [9.17, 15) is 9.59 Å². The van der Waals surface area contributed by atoms with Crippen molar-refractivity contribution in [2.75, 3.05) is 27.7 Å². The van der Waals surface area contributed by atoms with E-state index in [-0.39, 0.29) is 30.2 Å². The third-order valence-corrected chi connectivity index (χ3v) is 4.13. The molecule has 0 saturated heterocycles. The van der Waals surface area contributed by atoms with E-state index in [4.69, 9.17) is 0 Å². The van der Waals surface area contributed by atoms with E-state index in [0.717, 1.165) is 10.9 Å². The molecule has 0 spiro atoms. The van der Waals surface area contributed by atoms with Crippen molar-refractivity contribution in [3.8, 4) is 0 Å². The Labute approximate surface area is 127 Å². The summed E-state index contributed by atoms with van der Waals surface area (Å²) in [6.45, 7) is 0.146. The Morgan fingerprint density at radius 1 is 1.30 bits per heavy atom. The topological polar surface area (TPSA) is 40.6 Å². The van der Waals surface area contributed by atoms with Crippen LogP contribution in [0.25, 0.3) is 0 Å². The van der Waals surface area contributed by atoms with Crippen LogP contribution in [0.2, 0.25) is 0 Å². The molecule has 1 aliphatic rings. The van der Waals surface area contributed by atoms with Gasteiger partial charge in [0.15, 0.2) is 0 Å². The van der Waals surface area contributed by atoms with E-state index in [1.54, 1.807) is 21.1 Å². The van der Waals surface area contributed by atoms with Crippen molar-refractivity contribution < 1.29 is 9.59 Å². The number of rotatable bonds is 4. The van der Waals surface area contributed by atoms with Crippen LogP contribution in [-0.4, -0.2) is 49.3 Å². The molecule has 2 rings (SSSR count). The maximum absolute atomic E-state index is 12.3. The zero-order chi connectivity index (χ0) is 14.9. The van der Waals surface area contributed by atoms with Gasteiger partial charge in [0.25, 0.3) is 0 Å². The van der Waals surface area contributed by atoms with Gasteiger partial charge in [0.05, 0.1) is 6.54 Å². The average Bonchev–Trinajstić information content (AvgIpc) is 3.17. The Morgan fingerprint density at radius 2 is 2.00 bits per heavy atom. The van der Waals surface area contributed by atoms with Crippen LogP contribution in [0, 0.1) is 5.92 Å². The Hall–Kier alpha value is -1.36. The summed E-state index contributed by atoms with van der Waals surface area (Å²) in [5.41, 5.74) is 1.19. The van der Waals surface area contributed by atoms with Crippen LogP contribution in [-0.2, 0) is 9.59 Å². The zero-order valence-corrected chi connectivity index (χ0v) is 13.6. The fourth-order valence-corrected chi connectivity index (χ4v) is 2.70. The number of carbonyl (C=O) groups excluding carboxylic acids is 2. The fourth-order valence-electron chi connectivity index (χ4n) is 2.28. The van der Waals surface area contributed by atoms with Crippen molar-refractivity contribution in [3.05, 3.63) is 34.3 Å². The van der Waals surface area contributed by atoms with Crippen molar-refractivity contribution >= 4 is 27.7 Å². The third kappa shape index (κ3) is 3.39. The maximum Gasteiger partial charge on any atom is 0.241 e. The molecular weight excluding hydrogens is 320 g/mol. The van der Waals surface area contributed by atoms with Gasteiger partial charge in [0, 0.05) is 31.5 Å². The number of hydrogen-bond acceptors (Lipinski definition) is 2. The van der Waals surface area contributed by atoms with Crippen molar-refractivity contribution in [1.29, 1.82) is 0 Å². The molecule has 0 heterocycles. The number of hydrogen-bond donors (Lipinski definition) is 0. The lowest BCUT2D eigenvalue weighted by Crippen LogP contribution is -2.38. The number of nitrogens with zero attached hydrogens (tertiary/aromatic N) is 2. The van der Waals surface area contributed by atoms with E-state index < -0.39 is 0 Å². The van der Waals surface area contributed by atoms with Crippen LogP contribution in [0.3, 0.4) is 0 Å². The van der Waals surface area contributed by atoms with Gasteiger partial charge in [0.2, 0.25) is 11.8 Å². The zero-order valence-electron chi connectivity index (χ0n) is 12.0. The molecule has 0 N–H and O–H groups in total. The highest BCUT2D eigenvalue weighted by molar-refractivity contribution is 9.10. The van der Waals surface area contributed by atoms with E-state index in [0.29, 0.717) is 0 Å². The van der Waals surface area contributed by atoms with Crippen molar-refractivity contribution in [1.82, 2.24) is 9.80 Å². The normalized spacial score (nSPS) is 20.4. The van der Waals surface area contributed by atoms with Crippen molar-refractivity contribution in [2.24, 2.45) is 5.92 Å². The molecule has 0 radical (unpaired) electrons. The van der Waals surface area contributed by atoms with Crippen LogP contribution in [0.1, 0.15) is 17.9 Å². The van der Waals surface area contributed by atoms with Gasteiger partial charge < -0.3 is 9.80 Å². The second-order valence-corrected chi connectivity index (χ2v) is 6.40. The molecule has 0 aromatic heterocycles. The second-order valence-electron chi connectivity index (χ2n) is 5.49. The van der Waals surface area contributed by atoms with Gasteiger partial charge in [0.1, 0.15) is 0 Å². The Morgan fingerprint density at radius 3 is 2.60 bits per heavy atom. The van der Waals surface area contributed by atoms with Gasteiger partial charge in [-0.2, -0.15) is 0 Å². The average molecular weight is 339 g/mol. The SMILES string of the molecule is CN(C)C(=O)CN(C)C(=O)[C@@H]1C[C@@H]1c1cccc(Br)c1. The van der Waals surface area contributed by atoms with E-state index >= 15 is 0 Å². The molecule has 1 aromatic carbocycles. The van der Waals surface area contributed by atoms with Crippen LogP contribution in [0.15, 0.2) is 28.7 Å². The molecule has 2 amide bonds. The van der Waals surface area contributed by atoms with Gasteiger partial charge in [-0.3, -0.25) is 9.59 Å². The summed E-state index contributed by atoms with van der Waals surface area (Å²) in [5.74, 6) is 0.312. The highest BCUT2D eigenvalue weighted by Crippen LogP contribution is 2.48. The number of benzene rings is 1. The van der Waals surface area contributed by atoms with E-state index in [2.05, 4.69) is 22.0 Å². The molecule has 0 unspecified atom stereocenters. The third-order valence-electron chi connectivity index (χ3n) is 3.63. The molecule has 2 atom stereocenters. The van der Waals surface area contributed by atoms with E-state index in [1.165, 1.54) is 15.4 Å². The predicted octanol–water partition coefficient (Wildman–Crippen LogP) is 2.10. The molecule has 4 nitrogen and oxygen atoms in total. The first-order valence-electron chi connectivity index (χ1n) is 6.60. The Kier molecular flexibility index (Phi) is 4.48. The summed E-state index contributed by atoms with van der Waals surface area (Å²) in [6, 6.07) is 8.07. The summed E-state index contributed by atoms with van der Waals surface area (Å²) < 4.78 is 1.03. The van der Waals surface area contributed by atoms with Crippen molar-refractivity contribution in [2.45, 2.75) is 12.3 Å². The molecule has 0 aliphatic heterocycles. The smallest absolute Gasteiger partial charge is 0.241 e. The number of amides is 2. The van der Waals surface area contributed by atoms with Crippen LogP contribution < -0.4 is 0 Å². The molecule has 1 saturated carbocycles. The first-order chi connectivity index (χ1) is 9.40. The monoisotopic (exact) mass is 338 g/mol. The van der Waals surface area contributed by atoms with Gasteiger partial charge in [-0.15, -0.1) is 0 Å². The van der Waals surface area contributed by atoms with Crippen LogP contribution >= 0.6 is 15.9 Å². The molecule has 1 aromatic rings. The molecule has 0 bridgehead atoms. The molecule has 1 fully saturated rings. The second kappa shape index (κ2) is 5.95. The minimum atomic E-state index is -0.0551. The predicted molar refractivity (Wildman–Crippen MR) is 81.3 cm³/mol. The van der Waals surface area contributed by atoms with Gasteiger partial charge in [-0.1, -0.05) is 28.1 Å². The first-order valence-corrected chi connectivity index (χ1v) is 7.40. The summed E-state index contributed by atoms with van der Waals surface area (Å²) in [7, 11) is 5.09. The van der Waals surface area contributed by atoms with Gasteiger partial charge >= 0.3 is 0 Å². The van der Waals surface area contributed by atoms with Gasteiger partial charge in [-0.25, -0.2) is 0 Å². The molecule has 20 heavy (non-hydrogen) atoms. The number of likely N-dealkylation sites (N-methyl/N-ethyl adjacent to an activating group) is 2. The summed E-state index contributed by atoms with van der Waals surface area (Å²) in [5, 5.41) is 0. The van der Waals surface area contributed by atoms with Crippen molar-refractivity contribution in [3.63, 3.8) is 0 Å². The van der Waals surface area contributed by atoms with Crippen LogP contribution in [0.5, 0.6) is 0 Å². The molecular formula is C15H19BrN2O2. The minimum Gasteiger partial charge on any atom is -0.347 e. The molecule has 108 valence electrons. The fraction of sp³-hybridized carbons (Fsp3) is 0.467. The summed E-state index contributed by atoms with van der Waals surface area (Å²) >= 11 is 3.45. The summed E-state index contributed by atoms with van der Waals surface area (Å²) in [6.07, 6.45) is 0.871. The van der Waals surface area contributed by atoms with E-state index in [1.807, 2.05) is 18.2 Å². The van der Waals surface area contributed by atoms with Crippen LogP contribution in [0.4, 0.5) is 0 Å². The maximum atomic E-state index is 12.3. The highest BCUT2D eigenvalue weighted by Gasteiger charge is 2.45. The molecule has 5 heteroatoms. The largest absolute Gasteiger partial charge is 0.347 e. The number of carbonyl (C=O) groups is 2. The lowest BCUT2D eigenvalue weighted by Gasteiger charge is -2.19.